The van der Waals surface area contributed by atoms with Crippen molar-refractivity contribution in [1.29, 1.82) is 0 Å². The molecule has 2 aromatic rings. The number of carbonyl (C=O) groups is 1. The minimum absolute atomic E-state index is 0.143. The van der Waals surface area contributed by atoms with Crippen molar-refractivity contribution in [3.63, 3.8) is 0 Å². The molecule has 1 N–H and O–H groups in total. The lowest BCUT2D eigenvalue weighted by molar-refractivity contribution is 0.0961. The average Bonchev–Trinajstić information content (AvgIpc) is 2.59. The van der Waals surface area contributed by atoms with Gasteiger partial charge in [-0.3, -0.25) is 4.79 Å². The molecular weight excluding hydrogens is 192 g/mol. The molecule has 2 rings (SSSR count). The molecule has 2 aromatic heterocycles. The molecule has 2 heterocycles. The summed E-state index contributed by atoms with van der Waals surface area (Å²) in [6.07, 6.45) is 1.57. The van der Waals surface area contributed by atoms with Gasteiger partial charge in [0.1, 0.15) is 0 Å². The number of nitrogens with zero attached hydrogens (tertiary/aromatic N) is 3. The monoisotopic (exact) mass is 204 g/mol. The van der Waals surface area contributed by atoms with Crippen molar-refractivity contribution in [2.24, 2.45) is 0 Å². The molecule has 0 radical (unpaired) electrons. The minimum Gasteiger partial charge on any atom is -0.355 e. The Morgan fingerprint density at radius 2 is 2.20 bits per heavy atom. The third-order valence-electron chi connectivity index (χ3n) is 2.32. The van der Waals surface area contributed by atoms with Gasteiger partial charge in [-0.05, 0) is 13.8 Å². The zero-order chi connectivity index (χ0) is 11.0. The summed E-state index contributed by atoms with van der Waals surface area (Å²) in [5.41, 5.74) is 3.00. The number of fused-ring (bicyclic) bond motifs is 1. The summed E-state index contributed by atoms with van der Waals surface area (Å²) in [5, 5.41) is 6.84. The van der Waals surface area contributed by atoms with E-state index in [4.69, 9.17) is 0 Å². The van der Waals surface area contributed by atoms with Crippen molar-refractivity contribution < 1.29 is 4.79 Å². The zero-order valence-corrected chi connectivity index (χ0v) is 8.90. The van der Waals surface area contributed by atoms with Crippen LogP contribution in [-0.2, 0) is 0 Å². The maximum absolute atomic E-state index is 11.5. The Labute approximate surface area is 87.1 Å². The van der Waals surface area contributed by atoms with E-state index >= 15 is 0 Å². The first kappa shape index (κ1) is 9.64. The molecule has 0 spiro atoms. The van der Waals surface area contributed by atoms with Crippen LogP contribution in [0.25, 0.3) is 5.65 Å². The molecule has 0 atom stereocenters. The van der Waals surface area contributed by atoms with Crippen LogP contribution >= 0.6 is 0 Å². The molecule has 0 saturated carbocycles. The second kappa shape index (κ2) is 3.34. The van der Waals surface area contributed by atoms with E-state index in [1.807, 2.05) is 19.9 Å². The Balaban J connectivity index is 2.69. The van der Waals surface area contributed by atoms with Gasteiger partial charge in [-0.1, -0.05) is 0 Å². The largest absolute Gasteiger partial charge is 0.355 e. The highest BCUT2D eigenvalue weighted by Crippen LogP contribution is 2.10. The smallest absolute Gasteiger partial charge is 0.254 e. The SMILES string of the molecule is CNC(=O)c1cnc2cc(C)nn2c1C. The fraction of sp³-hybridized carbons (Fsp3) is 0.300. The highest BCUT2D eigenvalue weighted by atomic mass is 16.1. The zero-order valence-electron chi connectivity index (χ0n) is 8.90. The molecule has 0 bridgehead atoms. The van der Waals surface area contributed by atoms with Gasteiger partial charge >= 0.3 is 0 Å². The number of aryl methyl sites for hydroxylation is 2. The van der Waals surface area contributed by atoms with Crippen molar-refractivity contribution in [3.05, 3.63) is 29.2 Å². The van der Waals surface area contributed by atoms with Gasteiger partial charge in [0.25, 0.3) is 5.91 Å². The first-order valence-corrected chi connectivity index (χ1v) is 4.67. The normalized spacial score (nSPS) is 10.6. The highest BCUT2D eigenvalue weighted by molar-refractivity contribution is 5.94. The van der Waals surface area contributed by atoms with E-state index < -0.39 is 0 Å². The van der Waals surface area contributed by atoms with E-state index in [9.17, 15) is 4.79 Å². The van der Waals surface area contributed by atoms with E-state index in [0.29, 0.717) is 5.56 Å². The van der Waals surface area contributed by atoms with Crippen LogP contribution in [0.15, 0.2) is 12.3 Å². The van der Waals surface area contributed by atoms with Gasteiger partial charge in [0.15, 0.2) is 5.65 Å². The van der Waals surface area contributed by atoms with Crippen LogP contribution in [0.2, 0.25) is 0 Å². The third-order valence-corrected chi connectivity index (χ3v) is 2.32. The average molecular weight is 204 g/mol. The number of rotatable bonds is 1. The van der Waals surface area contributed by atoms with Crippen LogP contribution in [0.3, 0.4) is 0 Å². The van der Waals surface area contributed by atoms with Crippen molar-refractivity contribution in [1.82, 2.24) is 19.9 Å². The Kier molecular flexibility index (Phi) is 2.15. The van der Waals surface area contributed by atoms with Gasteiger partial charge in [-0.15, -0.1) is 0 Å². The fourth-order valence-electron chi connectivity index (χ4n) is 1.52. The molecule has 1 amide bonds. The molecule has 0 fully saturated rings. The predicted octanol–water partition coefficient (Wildman–Crippen LogP) is 0.706. The Bertz CT molecular complexity index is 529. The van der Waals surface area contributed by atoms with E-state index in [0.717, 1.165) is 17.0 Å². The first-order valence-electron chi connectivity index (χ1n) is 4.67. The lowest BCUT2D eigenvalue weighted by Crippen LogP contribution is -2.20. The summed E-state index contributed by atoms with van der Waals surface area (Å²) >= 11 is 0. The standard InChI is InChI=1S/C10H12N4O/c1-6-4-9-12-5-8(10(15)11-3)7(2)14(9)13-6/h4-5H,1-3H3,(H,11,15). The number of hydrogen-bond donors (Lipinski definition) is 1. The number of carbonyl (C=O) groups excluding carboxylic acids is 1. The quantitative estimate of drug-likeness (QED) is 0.744. The van der Waals surface area contributed by atoms with Crippen molar-refractivity contribution in [2.75, 3.05) is 7.05 Å². The second-order valence-corrected chi connectivity index (χ2v) is 3.39. The molecule has 5 nitrogen and oxygen atoms in total. The van der Waals surface area contributed by atoms with Crippen LogP contribution < -0.4 is 5.32 Å². The summed E-state index contributed by atoms with van der Waals surface area (Å²) in [4.78, 5) is 15.7. The number of nitrogens with one attached hydrogen (secondary N) is 1. The van der Waals surface area contributed by atoms with Gasteiger partial charge in [-0.2, -0.15) is 5.10 Å². The van der Waals surface area contributed by atoms with Crippen molar-refractivity contribution >= 4 is 11.6 Å². The van der Waals surface area contributed by atoms with Crippen LogP contribution in [0.5, 0.6) is 0 Å². The van der Waals surface area contributed by atoms with E-state index in [1.54, 1.807) is 17.8 Å². The van der Waals surface area contributed by atoms with E-state index in [-0.39, 0.29) is 5.91 Å². The summed E-state index contributed by atoms with van der Waals surface area (Å²) < 4.78 is 1.68. The molecule has 15 heavy (non-hydrogen) atoms. The van der Waals surface area contributed by atoms with Crippen LogP contribution in [0.4, 0.5) is 0 Å². The lowest BCUT2D eigenvalue weighted by Gasteiger charge is -2.05. The number of aromatic nitrogens is 3. The van der Waals surface area contributed by atoms with Crippen molar-refractivity contribution in [2.45, 2.75) is 13.8 Å². The summed E-state index contributed by atoms with van der Waals surface area (Å²) in [7, 11) is 1.60. The molecule has 0 aliphatic carbocycles. The molecule has 0 unspecified atom stereocenters. The fourth-order valence-corrected chi connectivity index (χ4v) is 1.52. The summed E-state index contributed by atoms with van der Waals surface area (Å²) in [6.45, 7) is 3.75. The Morgan fingerprint density at radius 1 is 1.47 bits per heavy atom. The van der Waals surface area contributed by atoms with E-state index in [1.165, 1.54) is 0 Å². The van der Waals surface area contributed by atoms with Gasteiger partial charge < -0.3 is 5.32 Å². The van der Waals surface area contributed by atoms with Gasteiger partial charge in [0, 0.05) is 19.3 Å². The van der Waals surface area contributed by atoms with Crippen LogP contribution in [-0.4, -0.2) is 27.6 Å². The molecule has 0 aromatic carbocycles. The minimum atomic E-state index is -0.143. The molecular formula is C10H12N4O. The van der Waals surface area contributed by atoms with Crippen LogP contribution in [0, 0.1) is 13.8 Å². The molecule has 0 saturated heterocycles. The molecule has 5 heteroatoms. The van der Waals surface area contributed by atoms with Gasteiger partial charge in [-0.25, -0.2) is 9.50 Å². The third kappa shape index (κ3) is 1.45. The predicted molar refractivity (Wildman–Crippen MR) is 55.9 cm³/mol. The summed E-state index contributed by atoms with van der Waals surface area (Å²) in [5.74, 6) is -0.143. The Hall–Kier alpha value is -1.91. The topological polar surface area (TPSA) is 59.3 Å². The highest BCUT2D eigenvalue weighted by Gasteiger charge is 2.11. The van der Waals surface area contributed by atoms with Crippen molar-refractivity contribution in [3.8, 4) is 0 Å². The maximum atomic E-state index is 11.5. The lowest BCUT2D eigenvalue weighted by atomic mass is 10.2. The van der Waals surface area contributed by atoms with Gasteiger partial charge in [0.05, 0.1) is 17.0 Å². The Morgan fingerprint density at radius 3 is 2.87 bits per heavy atom. The van der Waals surface area contributed by atoms with Crippen LogP contribution in [0.1, 0.15) is 21.7 Å². The van der Waals surface area contributed by atoms with Gasteiger partial charge in [0.2, 0.25) is 0 Å². The number of hydrogen-bond acceptors (Lipinski definition) is 3. The molecule has 78 valence electrons. The maximum Gasteiger partial charge on any atom is 0.254 e. The summed E-state index contributed by atoms with van der Waals surface area (Å²) in [6, 6.07) is 1.88. The second-order valence-electron chi connectivity index (χ2n) is 3.39. The number of amides is 1. The molecule has 0 aliphatic heterocycles. The molecule has 0 aliphatic rings. The first-order chi connectivity index (χ1) is 7.13. The van der Waals surface area contributed by atoms with E-state index in [2.05, 4.69) is 15.4 Å².